The number of hydrogen-bond acceptors (Lipinski definition) is 2. The van der Waals surface area contributed by atoms with E-state index in [1.165, 1.54) is 5.57 Å². The van der Waals surface area contributed by atoms with Gasteiger partial charge >= 0.3 is 0 Å². The van der Waals surface area contributed by atoms with Crippen LogP contribution < -0.4 is 5.32 Å². The Kier molecular flexibility index (Phi) is 4.69. The summed E-state index contributed by atoms with van der Waals surface area (Å²) < 4.78 is 0. The van der Waals surface area contributed by atoms with E-state index in [4.69, 9.17) is 0 Å². The minimum Gasteiger partial charge on any atom is -0.310 e. The van der Waals surface area contributed by atoms with Gasteiger partial charge in [-0.1, -0.05) is 30.9 Å². The van der Waals surface area contributed by atoms with Crippen LogP contribution in [-0.2, 0) is 4.79 Å². The molecule has 88 valence electrons. The maximum absolute atomic E-state index is 11.3. The summed E-state index contributed by atoms with van der Waals surface area (Å²) in [6, 6.07) is 0. The molecule has 1 fully saturated rings. The van der Waals surface area contributed by atoms with Gasteiger partial charge in [-0.25, -0.2) is 0 Å². The van der Waals surface area contributed by atoms with E-state index in [0.717, 1.165) is 12.8 Å². The summed E-state index contributed by atoms with van der Waals surface area (Å²) in [6.45, 7) is 5.76. The van der Waals surface area contributed by atoms with Gasteiger partial charge in [0.25, 0.3) is 0 Å². The second-order valence-corrected chi connectivity index (χ2v) is 4.23. The number of nitrogens with one attached hydrogen (secondary N) is 1. The Morgan fingerprint density at radius 3 is 2.50 bits per heavy atom. The third-order valence-corrected chi connectivity index (χ3v) is 3.34. The third-order valence-electron chi connectivity index (χ3n) is 3.34. The van der Waals surface area contributed by atoms with Gasteiger partial charge in [-0.2, -0.15) is 0 Å². The highest BCUT2D eigenvalue weighted by atomic mass is 16.1. The second kappa shape index (κ2) is 5.80. The molecule has 0 unspecified atom stereocenters. The molecule has 0 aromatic heterocycles. The van der Waals surface area contributed by atoms with Crippen molar-refractivity contribution in [2.45, 2.75) is 38.1 Å². The molecule has 0 saturated heterocycles. The van der Waals surface area contributed by atoms with Gasteiger partial charge in [0.1, 0.15) is 5.78 Å². The fraction of sp³-hybridized carbons (Fsp3) is 0.500. The van der Waals surface area contributed by atoms with Crippen molar-refractivity contribution in [2.75, 3.05) is 7.05 Å². The number of carbonyl (C=O) groups excluding carboxylic acids is 1. The molecule has 1 aliphatic carbocycles. The molecular weight excluding hydrogens is 198 g/mol. The SMILES string of the molecule is C=C/C=C(\C=C/C)C1(NC)CCC(=O)CC1. The normalized spacial score (nSPS) is 21.4. The van der Waals surface area contributed by atoms with E-state index < -0.39 is 0 Å². The molecule has 0 spiro atoms. The van der Waals surface area contributed by atoms with Crippen molar-refractivity contribution in [1.29, 1.82) is 0 Å². The van der Waals surface area contributed by atoms with E-state index in [1.807, 2.05) is 32.2 Å². The lowest BCUT2D eigenvalue weighted by molar-refractivity contribution is -0.121. The second-order valence-electron chi connectivity index (χ2n) is 4.23. The molecule has 0 heterocycles. The highest BCUT2D eigenvalue weighted by Crippen LogP contribution is 2.33. The average molecular weight is 219 g/mol. The third kappa shape index (κ3) is 2.70. The molecule has 0 aromatic carbocycles. The summed E-state index contributed by atoms with van der Waals surface area (Å²) in [5.74, 6) is 0.379. The standard InChI is InChI=1S/C14H21NO/c1-4-6-12(7-5-2)14(15-3)10-8-13(16)9-11-14/h4-7,15H,1,8-11H2,2-3H3/b7-5-,12-6+. The molecule has 0 radical (unpaired) electrons. The van der Waals surface area contributed by atoms with Gasteiger partial charge in [0.15, 0.2) is 0 Å². The summed E-state index contributed by atoms with van der Waals surface area (Å²) in [5, 5.41) is 3.39. The summed E-state index contributed by atoms with van der Waals surface area (Å²) in [7, 11) is 1.97. The predicted molar refractivity (Wildman–Crippen MR) is 68.4 cm³/mol. The summed E-state index contributed by atoms with van der Waals surface area (Å²) in [5.41, 5.74) is 1.18. The number of carbonyl (C=O) groups is 1. The Morgan fingerprint density at radius 2 is 2.06 bits per heavy atom. The molecular formula is C14H21NO. The van der Waals surface area contributed by atoms with Crippen molar-refractivity contribution >= 4 is 5.78 Å². The summed E-state index contributed by atoms with van der Waals surface area (Å²) in [6.07, 6.45) is 11.1. The lowest BCUT2D eigenvalue weighted by Gasteiger charge is -2.38. The fourth-order valence-electron chi connectivity index (χ4n) is 2.32. The minimum absolute atomic E-state index is 0.0470. The monoisotopic (exact) mass is 219 g/mol. The van der Waals surface area contributed by atoms with Gasteiger partial charge < -0.3 is 5.32 Å². The van der Waals surface area contributed by atoms with Gasteiger partial charge in [-0.15, -0.1) is 0 Å². The van der Waals surface area contributed by atoms with E-state index in [2.05, 4.69) is 18.0 Å². The van der Waals surface area contributed by atoms with Crippen LogP contribution >= 0.6 is 0 Å². The lowest BCUT2D eigenvalue weighted by Crippen LogP contribution is -2.47. The van der Waals surface area contributed by atoms with Gasteiger partial charge in [-0.05, 0) is 32.4 Å². The number of hydrogen-bond donors (Lipinski definition) is 1. The van der Waals surface area contributed by atoms with Gasteiger partial charge in [0.05, 0.1) is 0 Å². The van der Waals surface area contributed by atoms with Gasteiger partial charge in [-0.3, -0.25) is 4.79 Å². The van der Waals surface area contributed by atoms with Crippen LogP contribution in [-0.4, -0.2) is 18.4 Å². The quantitative estimate of drug-likeness (QED) is 0.737. The Balaban J connectivity index is 2.97. The van der Waals surface area contributed by atoms with Crippen LogP contribution in [0.3, 0.4) is 0 Å². The molecule has 1 saturated carbocycles. The molecule has 2 nitrogen and oxygen atoms in total. The zero-order chi connectivity index (χ0) is 12.0. The number of Topliss-reactive ketones (excluding diaryl/α,β-unsaturated/α-hetero) is 1. The van der Waals surface area contributed by atoms with Crippen LogP contribution in [0.25, 0.3) is 0 Å². The van der Waals surface area contributed by atoms with Crippen LogP contribution in [0.4, 0.5) is 0 Å². The van der Waals surface area contributed by atoms with Gasteiger partial charge in [0, 0.05) is 18.4 Å². The molecule has 0 atom stereocenters. The Hall–Kier alpha value is -1.15. The Labute approximate surface area is 98.1 Å². The van der Waals surface area contributed by atoms with Crippen LogP contribution in [0.15, 0.2) is 36.5 Å². The first kappa shape index (κ1) is 12.9. The Morgan fingerprint density at radius 1 is 1.44 bits per heavy atom. The van der Waals surface area contributed by atoms with E-state index in [0.29, 0.717) is 18.6 Å². The van der Waals surface area contributed by atoms with E-state index in [9.17, 15) is 4.79 Å². The van der Waals surface area contributed by atoms with Crippen molar-refractivity contribution in [3.8, 4) is 0 Å². The summed E-state index contributed by atoms with van der Waals surface area (Å²) >= 11 is 0. The van der Waals surface area contributed by atoms with Crippen molar-refractivity contribution in [2.24, 2.45) is 0 Å². The van der Waals surface area contributed by atoms with E-state index in [1.54, 1.807) is 0 Å². The topological polar surface area (TPSA) is 29.1 Å². The number of allylic oxidation sites excluding steroid dienone is 3. The van der Waals surface area contributed by atoms with E-state index >= 15 is 0 Å². The number of ketones is 1. The fourth-order valence-corrected chi connectivity index (χ4v) is 2.32. The first-order chi connectivity index (χ1) is 7.68. The average Bonchev–Trinajstić information content (AvgIpc) is 2.31. The highest BCUT2D eigenvalue weighted by Gasteiger charge is 2.35. The maximum atomic E-state index is 11.3. The maximum Gasteiger partial charge on any atom is 0.133 e. The van der Waals surface area contributed by atoms with Crippen molar-refractivity contribution < 1.29 is 4.79 Å². The number of rotatable bonds is 4. The lowest BCUT2D eigenvalue weighted by atomic mass is 9.75. The minimum atomic E-state index is -0.0470. The zero-order valence-electron chi connectivity index (χ0n) is 10.3. The van der Waals surface area contributed by atoms with Gasteiger partial charge in [0.2, 0.25) is 0 Å². The molecule has 1 N–H and O–H groups in total. The molecule has 0 amide bonds. The smallest absolute Gasteiger partial charge is 0.133 e. The van der Waals surface area contributed by atoms with Crippen LogP contribution in [0.1, 0.15) is 32.6 Å². The van der Waals surface area contributed by atoms with Crippen molar-refractivity contribution in [1.82, 2.24) is 5.32 Å². The molecule has 0 bridgehead atoms. The largest absolute Gasteiger partial charge is 0.310 e. The number of likely N-dealkylation sites (N-methyl/N-ethyl adjacent to an activating group) is 1. The predicted octanol–water partition coefficient (Wildman–Crippen LogP) is 2.78. The molecule has 0 aliphatic heterocycles. The molecule has 0 aromatic rings. The Bertz CT molecular complexity index is 316. The van der Waals surface area contributed by atoms with Crippen molar-refractivity contribution in [3.63, 3.8) is 0 Å². The molecule has 1 rings (SSSR count). The van der Waals surface area contributed by atoms with Crippen LogP contribution in [0.2, 0.25) is 0 Å². The van der Waals surface area contributed by atoms with Crippen molar-refractivity contribution in [3.05, 3.63) is 36.5 Å². The van der Waals surface area contributed by atoms with E-state index in [-0.39, 0.29) is 5.54 Å². The molecule has 1 aliphatic rings. The first-order valence-corrected chi connectivity index (χ1v) is 5.85. The zero-order valence-corrected chi connectivity index (χ0v) is 10.3. The van der Waals surface area contributed by atoms with Crippen LogP contribution in [0.5, 0.6) is 0 Å². The first-order valence-electron chi connectivity index (χ1n) is 5.85. The highest BCUT2D eigenvalue weighted by molar-refractivity contribution is 5.79. The molecule has 2 heteroatoms. The summed E-state index contributed by atoms with van der Waals surface area (Å²) in [4.78, 5) is 11.3. The molecule has 16 heavy (non-hydrogen) atoms. The van der Waals surface area contributed by atoms with Crippen LogP contribution in [0, 0.1) is 0 Å².